The summed E-state index contributed by atoms with van der Waals surface area (Å²) in [4.78, 5) is 12.4. The molecule has 1 fully saturated rings. The summed E-state index contributed by atoms with van der Waals surface area (Å²) in [5.41, 5.74) is 8.73. The van der Waals surface area contributed by atoms with Gasteiger partial charge in [0.2, 0.25) is 0 Å². The number of rotatable bonds is 8. The Morgan fingerprint density at radius 3 is 2.31 bits per heavy atom. The van der Waals surface area contributed by atoms with Gasteiger partial charge in [-0.2, -0.15) is 0 Å². The maximum absolute atomic E-state index is 12.4. The number of alkyl carbamates (subject to hydrolysis) is 1. The minimum absolute atomic E-state index is 0.210. The fraction of sp³-hybridized carbons (Fsp3) is 0.400. The number of carbonyl (C=O) groups is 1. The Labute approximate surface area is 191 Å². The normalized spacial score (nSPS) is 17.3. The Balaban J connectivity index is 1.76. The van der Waals surface area contributed by atoms with Crippen LogP contribution in [0.25, 0.3) is 6.08 Å². The Kier molecular flexibility index (Phi) is 7.77. The highest BCUT2D eigenvalue weighted by Gasteiger charge is 2.52. The van der Waals surface area contributed by atoms with E-state index in [0.29, 0.717) is 6.54 Å². The molecule has 1 heterocycles. The van der Waals surface area contributed by atoms with E-state index in [0.717, 1.165) is 28.6 Å². The molecule has 1 aliphatic heterocycles. The zero-order valence-corrected chi connectivity index (χ0v) is 19.4. The van der Waals surface area contributed by atoms with Gasteiger partial charge < -0.3 is 25.1 Å². The van der Waals surface area contributed by atoms with Gasteiger partial charge >= 0.3 is 13.2 Å². The number of ether oxygens (including phenoxy) is 1. The van der Waals surface area contributed by atoms with Gasteiger partial charge in [0.25, 0.3) is 0 Å². The van der Waals surface area contributed by atoms with Crippen molar-refractivity contribution in [2.24, 2.45) is 5.73 Å². The molecule has 32 heavy (non-hydrogen) atoms. The lowest BCUT2D eigenvalue weighted by atomic mass is 9.76. The highest BCUT2D eigenvalue weighted by molar-refractivity contribution is 6.56. The summed E-state index contributed by atoms with van der Waals surface area (Å²) in [7, 11) is -0.583. The molecular weight excluding hydrogens is 403 g/mol. The first-order chi connectivity index (χ1) is 15.2. The molecule has 7 heteroatoms. The van der Waals surface area contributed by atoms with Crippen molar-refractivity contribution in [2.45, 2.75) is 51.9 Å². The molecule has 0 saturated carbocycles. The van der Waals surface area contributed by atoms with Crippen molar-refractivity contribution in [3.05, 3.63) is 76.8 Å². The third kappa shape index (κ3) is 6.00. The first kappa shape index (κ1) is 24.0. The van der Waals surface area contributed by atoms with Gasteiger partial charge in [-0.25, -0.2) is 4.79 Å². The molecule has 3 N–H and O–H groups in total. The Bertz CT molecular complexity index is 928. The molecule has 0 atom stereocenters. The monoisotopic (exact) mass is 436 g/mol. The largest absolute Gasteiger partial charge is 0.492 e. The van der Waals surface area contributed by atoms with Crippen molar-refractivity contribution in [1.82, 2.24) is 5.32 Å². The van der Waals surface area contributed by atoms with Crippen LogP contribution in [0.4, 0.5) is 4.79 Å². The molecule has 170 valence electrons. The van der Waals surface area contributed by atoms with Gasteiger partial charge in [-0.15, -0.1) is 0 Å². The summed E-state index contributed by atoms with van der Waals surface area (Å²) >= 11 is 0. The van der Waals surface area contributed by atoms with Gasteiger partial charge in [0.1, 0.15) is 6.61 Å². The van der Waals surface area contributed by atoms with Gasteiger partial charge in [0.05, 0.1) is 11.2 Å². The summed E-state index contributed by atoms with van der Waals surface area (Å²) in [5, 5.41) is 2.84. The molecule has 6 nitrogen and oxygen atoms in total. The number of amides is 1. The van der Waals surface area contributed by atoms with Gasteiger partial charge in [-0.05, 0) is 62.8 Å². The van der Waals surface area contributed by atoms with Crippen LogP contribution in [0.3, 0.4) is 0 Å². The number of nitrogens with one attached hydrogen (secondary N) is 1. The van der Waals surface area contributed by atoms with E-state index in [-0.39, 0.29) is 13.2 Å². The van der Waals surface area contributed by atoms with Crippen molar-refractivity contribution >= 4 is 19.3 Å². The second-order valence-electron chi connectivity index (χ2n) is 8.96. The number of benzene rings is 2. The van der Waals surface area contributed by atoms with E-state index in [1.165, 1.54) is 0 Å². The Hall–Kier alpha value is -2.61. The Morgan fingerprint density at radius 1 is 1.03 bits per heavy atom. The van der Waals surface area contributed by atoms with Crippen LogP contribution >= 0.6 is 0 Å². The van der Waals surface area contributed by atoms with Crippen LogP contribution < -0.4 is 11.1 Å². The lowest BCUT2D eigenvalue weighted by Gasteiger charge is -2.32. The van der Waals surface area contributed by atoms with Crippen molar-refractivity contribution in [3.63, 3.8) is 0 Å². The summed E-state index contributed by atoms with van der Waals surface area (Å²) in [6.45, 7) is 9.04. The minimum Gasteiger partial charge on any atom is -0.445 e. The van der Waals surface area contributed by atoms with Crippen LogP contribution in [-0.4, -0.2) is 37.5 Å². The quantitative estimate of drug-likeness (QED) is 0.608. The minimum atomic E-state index is -0.583. The van der Waals surface area contributed by atoms with Crippen LogP contribution in [0.5, 0.6) is 0 Å². The summed E-state index contributed by atoms with van der Waals surface area (Å²) in [6.07, 6.45) is 2.28. The SMILES string of the molecule is CC1(C)OB(C(=Cc2ccccc2CCN)CNC(=O)OCc2ccccc2)OC1(C)C. The molecule has 0 aliphatic carbocycles. The maximum Gasteiger partial charge on any atom is 0.492 e. The third-order valence-electron chi connectivity index (χ3n) is 6.02. The molecule has 0 radical (unpaired) electrons. The van der Waals surface area contributed by atoms with E-state index in [4.69, 9.17) is 19.8 Å². The lowest BCUT2D eigenvalue weighted by molar-refractivity contribution is 0.00578. The van der Waals surface area contributed by atoms with E-state index in [9.17, 15) is 4.79 Å². The van der Waals surface area contributed by atoms with Crippen LogP contribution in [-0.2, 0) is 27.1 Å². The highest BCUT2D eigenvalue weighted by Crippen LogP contribution is 2.38. The fourth-order valence-electron chi connectivity index (χ4n) is 3.40. The van der Waals surface area contributed by atoms with Crippen LogP contribution in [0.1, 0.15) is 44.4 Å². The van der Waals surface area contributed by atoms with Crippen molar-refractivity contribution < 1.29 is 18.8 Å². The molecule has 3 rings (SSSR count). The molecule has 2 aromatic rings. The van der Waals surface area contributed by atoms with Gasteiger partial charge in [0, 0.05) is 6.54 Å². The van der Waals surface area contributed by atoms with E-state index >= 15 is 0 Å². The van der Waals surface area contributed by atoms with E-state index in [2.05, 4.69) is 11.4 Å². The molecule has 1 aliphatic rings. The molecule has 2 aromatic carbocycles. The molecule has 1 amide bonds. The average Bonchev–Trinajstić information content (AvgIpc) is 2.98. The summed E-state index contributed by atoms with van der Waals surface area (Å²) in [6, 6.07) is 17.6. The zero-order valence-electron chi connectivity index (χ0n) is 19.4. The predicted octanol–water partition coefficient (Wildman–Crippen LogP) is 4.13. The van der Waals surface area contributed by atoms with Crippen LogP contribution in [0.15, 0.2) is 60.1 Å². The number of hydrogen-bond acceptors (Lipinski definition) is 5. The second-order valence-corrected chi connectivity index (χ2v) is 8.96. The number of carbonyl (C=O) groups excluding carboxylic acids is 1. The molecule has 0 aromatic heterocycles. The molecule has 0 bridgehead atoms. The smallest absolute Gasteiger partial charge is 0.445 e. The molecular formula is C25H33BN2O4. The number of hydrogen-bond donors (Lipinski definition) is 2. The van der Waals surface area contributed by atoms with Crippen molar-refractivity contribution in [2.75, 3.05) is 13.1 Å². The van der Waals surface area contributed by atoms with Crippen LogP contribution in [0.2, 0.25) is 0 Å². The van der Waals surface area contributed by atoms with Crippen molar-refractivity contribution in [1.29, 1.82) is 0 Å². The highest BCUT2D eigenvalue weighted by atomic mass is 16.7. The summed E-state index contributed by atoms with van der Waals surface area (Å²) in [5.74, 6) is 0. The molecule has 0 spiro atoms. The fourth-order valence-corrected chi connectivity index (χ4v) is 3.40. The Morgan fingerprint density at radius 2 is 1.66 bits per heavy atom. The van der Waals surface area contributed by atoms with Gasteiger partial charge in [0.15, 0.2) is 0 Å². The lowest BCUT2D eigenvalue weighted by Crippen LogP contribution is -2.41. The first-order valence-corrected chi connectivity index (χ1v) is 11.0. The van der Waals surface area contributed by atoms with Gasteiger partial charge in [-0.1, -0.05) is 60.7 Å². The van der Waals surface area contributed by atoms with E-state index < -0.39 is 24.4 Å². The maximum atomic E-state index is 12.4. The summed E-state index contributed by atoms with van der Waals surface area (Å²) < 4.78 is 17.9. The zero-order chi connectivity index (χ0) is 23.2. The predicted molar refractivity (Wildman–Crippen MR) is 128 cm³/mol. The topological polar surface area (TPSA) is 82.8 Å². The molecule has 1 saturated heterocycles. The van der Waals surface area contributed by atoms with Crippen molar-refractivity contribution in [3.8, 4) is 0 Å². The van der Waals surface area contributed by atoms with E-state index in [1.807, 2.05) is 82.3 Å². The van der Waals surface area contributed by atoms with Crippen LogP contribution in [0, 0.1) is 0 Å². The number of nitrogens with two attached hydrogens (primary N) is 1. The van der Waals surface area contributed by atoms with Gasteiger partial charge in [-0.3, -0.25) is 0 Å². The third-order valence-corrected chi connectivity index (χ3v) is 6.02. The standard InChI is InChI=1S/C25H33BN2O4/c1-24(2)25(3,4)32-26(31-24)22(16-21-13-9-8-12-20(21)14-15-27)17-28-23(29)30-18-19-10-6-5-7-11-19/h5-13,16H,14-15,17-18,27H2,1-4H3,(H,28,29). The average molecular weight is 436 g/mol. The van der Waals surface area contributed by atoms with E-state index in [1.54, 1.807) is 0 Å². The molecule has 0 unspecified atom stereocenters. The second kappa shape index (κ2) is 10.3. The first-order valence-electron chi connectivity index (χ1n) is 11.0.